The topological polar surface area (TPSA) is 42.7 Å². The van der Waals surface area contributed by atoms with Crippen LogP contribution in [0.15, 0.2) is 24.4 Å². The van der Waals surface area contributed by atoms with E-state index in [0.29, 0.717) is 18.4 Å². The molecule has 0 saturated carbocycles. The summed E-state index contributed by atoms with van der Waals surface area (Å²) in [6, 6.07) is 4.21. The van der Waals surface area contributed by atoms with E-state index in [1.807, 2.05) is 6.20 Å². The maximum atomic E-state index is 13.6. The SMILES string of the molecule is CNC(Cc1cn(C)nn1)Cc1cccc(F)c1F. The molecule has 2 rings (SSSR count). The molecule has 0 aliphatic carbocycles. The number of hydrogen-bond acceptors (Lipinski definition) is 3. The van der Waals surface area contributed by atoms with Gasteiger partial charge < -0.3 is 5.32 Å². The van der Waals surface area contributed by atoms with Gasteiger partial charge in [-0.3, -0.25) is 4.68 Å². The highest BCUT2D eigenvalue weighted by Crippen LogP contribution is 2.14. The lowest BCUT2D eigenvalue weighted by atomic mass is 10.0. The molecule has 0 spiro atoms. The Kier molecular flexibility index (Phi) is 4.21. The average molecular weight is 266 g/mol. The van der Waals surface area contributed by atoms with Gasteiger partial charge in [0.25, 0.3) is 0 Å². The maximum absolute atomic E-state index is 13.6. The fourth-order valence-electron chi connectivity index (χ4n) is 1.99. The van der Waals surface area contributed by atoms with E-state index in [9.17, 15) is 8.78 Å². The molecule has 1 N–H and O–H groups in total. The second-order valence-electron chi connectivity index (χ2n) is 4.49. The van der Waals surface area contributed by atoms with Crippen LogP contribution in [-0.4, -0.2) is 28.1 Å². The van der Waals surface area contributed by atoms with Crippen LogP contribution in [-0.2, 0) is 19.9 Å². The number of aromatic nitrogens is 3. The Balaban J connectivity index is 2.08. The van der Waals surface area contributed by atoms with Gasteiger partial charge in [0.05, 0.1) is 5.69 Å². The van der Waals surface area contributed by atoms with Gasteiger partial charge >= 0.3 is 0 Å². The molecule has 4 nitrogen and oxygen atoms in total. The second kappa shape index (κ2) is 5.88. The minimum absolute atomic E-state index is 0.0204. The van der Waals surface area contributed by atoms with Crippen molar-refractivity contribution < 1.29 is 8.78 Å². The lowest BCUT2D eigenvalue weighted by molar-refractivity contribution is 0.481. The van der Waals surface area contributed by atoms with E-state index in [2.05, 4.69) is 15.6 Å². The highest BCUT2D eigenvalue weighted by atomic mass is 19.2. The molecule has 1 aromatic carbocycles. The fraction of sp³-hybridized carbons (Fsp3) is 0.385. The summed E-state index contributed by atoms with van der Waals surface area (Å²) in [4.78, 5) is 0. The van der Waals surface area contributed by atoms with E-state index in [-0.39, 0.29) is 6.04 Å². The molecule has 1 aromatic heterocycles. The summed E-state index contributed by atoms with van der Waals surface area (Å²) in [5.41, 5.74) is 1.18. The van der Waals surface area contributed by atoms with Crippen LogP contribution in [0.5, 0.6) is 0 Å². The van der Waals surface area contributed by atoms with Crippen molar-refractivity contribution in [3.63, 3.8) is 0 Å². The molecule has 0 bridgehead atoms. The van der Waals surface area contributed by atoms with Crippen molar-refractivity contribution in [2.45, 2.75) is 18.9 Å². The van der Waals surface area contributed by atoms with Gasteiger partial charge in [-0.1, -0.05) is 17.3 Å². The minimum atomic E-state index is -0.813. The maximum Gasteiger partial charge on any atom is 0.162 e. The molecule has 6 heteroatoms. The smallest absolute Gasteiger partial charge is 0.162 e. The van der Waals surface area contributed by atoms with Gasteiger partial charge in [-0.25, -0.2) is 8.78 Å². The first-order chi connectivity index (χ1) is 9.10. The molecule has 0 amide bonds. The standard InChI is InChI=1S/C13H16F2N4/c1-16-10(7-11-8-19(2)18-17-11)6-9-4-3-5-12(14)13(9)15/h3-5,8,10,16H,6-7H2,1-2H3. The third-order valence-corrected chi connectivity index (χ3v) is 3.01. The third kappa shape index (κ3) is 3.35. The van der Waals surface area contributed by atoms with E-state index >= 15 is 0 Å². The first-order valence-corrected chi connectivity index (χ1v) is 6.05. The van der Waals surface area contributed by atoms with Crippen molar-refractivity contribution >= 4 is 0 Å². The molecule has 102 valence electrons. The zero-order chi connectivity index (χ0) is 13.8. The van der Waals surface area contributed by atoms with Crippen molar-refractivity contribution in [2.75, 3.05) is 7.05 Å². The Morgan fingerprint density at radius 1 is 1.32 bits per heavy atom. The van der Waals surface area contributed by atoms with Crippen molar-refractivity contribution in [3.8, 4) is 0 Å². The van der Waals surface area contributed by atoms with Gasteiger partial charge in [-0.2, -0.15) is 0 Å². The van der Waals surface area contributed by atoms with Crippen molar-refractivity contribution in [3.05, 3.63) is 47.3 Å². The molecule has 0 aliphatic rings. The summed E-state index contributed by atoms with van der Waals surface area (Å²) in [5.74, 6) is -1.59. The van der Waals surface area contributed by atoms with E-state index in [1.54, 1.807) is 24.8 Å². The lowest BCUT2D eigenvalue weighted by Crippen LogP contribution is -2.30. The number of halogens is 2. The summed E-state index contributed by atoms with van der Waals surface area (Å²) >= 11 is 0. The van der Waals surface area contributed by atoms with Crippen LogP contribution >= 0.6 is 0 Å². The van der Waals surface area contributed by atoms with Crippen LogP contribution in [0, 0.1) is 11.6 Å². The van der Waals surface area contributed by atoms with Crippen LogP contribution in [0.4, 0.5) is 8.78 Å². The molecule has 0 radical (unpaired) electrons. The Bertz CT molecular complexity index is 553. The number of hydrogen-bond donors (Lipinski definition) is 1. The van der Waals surface area contributed by atoms with Gasteiger partial charge in [-0.15, -0.1) is 5.10 Å². The van der Waals surface area contributed by atoms with Gasteiger partial charge in [0, 0.05) is 25.7 Å². The Morgan fingerprint density at radius 3 is 2.74 bits per heavy atom. The van der Waals surface area contributed by atoms with E-state index in [1.165, 1.54) is 6.07 Å². The highest BCUT2D eigenvalue weighted by molar-refractivity contribution is 5.20. The van der Waals surface area contributed by atoms with Crippen molar-refractivity contribution in [1.29, 1.82) is 0 Å². The molecule has 1 heterocycles. The van der Waals surface area contributed by atoms with Crippen molar-refractivity contribution in [2.24, 2.45) is 7.05 Å². The zero-order valence-corrected chi connectivity index (χ0v) is 10.9. The highest BCUT2D eigenvalue weighted by Gasteiger charge is 2.15. The number of aryl methyl sites for hydroxylation is 1. The molecule has 2 aromatic rings. The normalized spacial score (nSPS) is 12.6. The number of nitrogens with zero attached hydrogens (tertiary/aromatic N) is 3. The lowest BCUT2D eigenvalue weighted by Gasteiger charge is -2.15. The van der Waals surface area contributed by atoms with E-state index < -0.39 is 11.6 Å². The molecule has 1 unspecified atom stereocenters. The van der Waals surface area contributed by atoms with E-state index in [0.717, 1.165) is 11.8 Å². The quantitative estimate of drug-likeness (QED) is 0.891. The second-order valence-corrected chi connectivity index (χ2v) is 4.49. The fourth-order valence-corrected chi connectivity index (χ4v) is 1.99. The molecular formula is C13H16F2N4. The number of likely N-dealkylation sites (N-methyl/N-ethyl adjacent to an activating group) is 1. The largest absolute Gasteiger partial charge is 0.316 e. The van der Waals surface area contributed by atoms with Gasteiger partial charge in [0.2, 0.25) is 0 Å². The summed E-state index contributed by atoms with van der Waals surface area (Å²) in [7, 11) is 3.58. The van der Waals surface area contributed by atoms with Crippen LogP contribution < -0.4 is 5.32 Å². The number of benzene rings is 1. The van der Waals surface area contributed by atoms with Gasteiger partial charge in [0.15, 0.2) is 11.6 Å². The summed E-state index contributed by atoms with van der Waals surface area (Å²) in [6.45, 7) is 0. The van der Waals surface area contributed by atoms with Gasteiger partial charge in [-0.05, 0) is 25.1 Å². The van der Waals surface area contributed by atoms with Crippen LogP contribution in [0.2, 0.25) is 0 Å². The average Bonchev–Trinajstić information content (AvgIpc) is 2.79. The minimum Gasteiger partial charge on any atom is -0.316 e. The first-order valence-electron chi connectivity index (χ1n) is 6.05. The summed E-state index contributed by atoms with van der Waals surface area (Å²) < 4.78 is 28.4. The molecule has 0 aliphatic heterocycles. The number of nitrogens with one attached hydrogen (secondary N) is 1. The third-order valence-electron chi connectivity index (χ3n) is 3.01. The predicted octanol–water partition coefficient (Wildman–Crippen LogP) is 1.47. The summed E-state index contributed by atoms with van der Waals surface area (Å²) in [6.07, 6.45) is 2.82. The van der Waals surface area contributed by atoms with Gasteiger partial charge in [0.1, 0.15) is 0 Å². The predicted molar refractivity (Wildman–Crippen MR) is 67.6 cm³/mol. The van der Waals surface area contributed by atoms with Crippen LogP contribution in [0.25, 0.3) is 0 Å². The molecule has 19 heavy (non-hydrogen) atoms. The zero-order valence-electron chi connectivity index (χ0n) is 10.9. The molecule has 1 atom stereocenters. The molecule has 0 fully saturated rings. The van der Waals surface area contributed by atoms with Crippen LogP contribution in [0.1, 0.15) is 11.3 Å². The first kappa shape index (κ1) is 13.6. The monoisotopic (exact) mass is 266 g/mol. The van der Waals surface area contributed by atoms with E-state index in [4.69, 9.17) is 0 Å². The molecular weight excluding hydrogens is 250 g/mol. The molecule has 0 saturated heterocycles. The summed E-state index contributed by atoms with van der Waals surface area (Å²) in [5, 5.41) is 10.9. The Hall–Kier alpha value is -1.82. The van der Waals surface area contributed by atoms with Crippen molar-refractivity contribution in [1.82, 2.24) is 20.3 Å². The van der Waals surface area contributed by atoms with Crippen LogP contribution in [0.3, 0.4) is 0 Å². The Morgan fingerprint density at radius 2 is 2.11 bits per heavy atom. The number of rotatable bonds is 5. The Labute approximate surface area is 110 Å².